The maximum absolute atomic E-state index is 4.66. The van der Waals surface area contributed by atoms with Crippen LogP contribution < -0.4 is 0 Å². The first-order valence-electron chi connectivity index (χ1n) is 3.51. The highest BCUT2D eigenvalue weighted by molar-refractivity contribution is 5.66. The molecule has 0 fully saturated rings. The predicted octanol–water partition coefficient (Wildman–Crippen LogP) is 1.57. The smallest absolute Gasteiger partial charge is 0.131 e. The van der Waals surface area contributed by atoms with Gasteiger partial charge in [0.15, 0.2) is 0 Å². The molecule has 4 heteroatoms. The van der Waals surface area contributed by atoms with Crippen LogP contribution in [0.25, 0.3) is 12.2 Å². The molecule has 2 aromatic heterocycles. The fourth-order valence-electron chi connectivity index (χ4n) is 0.839. The molecule has 0 unspecified atom stereocenters. The fourth-order valence-corrected chi connectivity index (χ4v) is 0.839. The Morgan fingerprint density at radius 3 is 3.00 bits per heavy atom. The van der Waals surface area contributed by atoms with Crippen LogP contribution in [0.5, 0.6) is 0 Å². The maximum atomic E-state index is 4.66. The van der Waals surface area contributed by atoms with Crippen molar-refractivity contribution in [2.45, 2.75) is 0 Å². The van der Waals surface area contributed by atoms with Crippen molar-refractivity contribution in [3.8, 4) is 0 Å². The molecule has 12 heavy (non-hydrogen) atoms. The van der Waals surface area contributed by atoms with Gasteiger partial charge in [0.2, 0.25) is 0 Å². The summed E-state index contributed by atoms with van der Waals surface area (Å²) in [6.07, 6.45) is 10.4. The number of nitrogens with zero attached hydrogens (tertiary/aromatic N) is 2. The number of hydrogen-bond donors (Lipinski definition) is 1. The number of H-pyrrole nitrogens is 1. The summed E-state index contributed by atoms with van der Waals surface area (Å²) in [5, 5.41) is 3.57. The number of imidazole rings is 1. The van der Waals surface area contributed by atoms with E-state index in [1.807, 2.05) is 12.2 Å². The molecule has 4 nitrogen and oxygen atoms in total. The maximum Gasteiger partial charge on any atom is 0.131 e. The number of nitrogens with one attached hydrogen (secondary N) is 1. The Morgan fingerprint density at radius 1 is 1.33 bits per heavy atom. The number of aromatic nitrogens is 3. The van der Waals surface area contributed by atoms with Crippen molar-refractivity contribution in [1.29, 1.82) is 0 Å². The van der Waals surface area contributed by atoms with Gasteiger partial charge in [-0.1, -0.05) is 5.16 Å². The quantitative estimate of drug-likeness (QED) is 0.727. The zero-order valence-electron chi connectivity index (χ0n) is 6.27. The molecule has 0 amide bonds. The Hall–Kier alpha value is -1.84. The van der Waals surface area contributed by atoms with Gasteiger partial charge < -0.3 is 9.51 Å². The Bertz CT molecular complexity index is 311. The van der Waals surface area contributed by atoms with Crippen LogP contribution in [0.4, 0.5) is 0 Å². The molecule has 0 saturated heterocycles. The standard InChI is InChI=1S/C8H7N3O/c1(7-3-11-12-5-7)2-8-4-9-6-10-8/h1-6H,(H,9,10)/b2-1+. The van der Waals surface area contributed by atoms with Crippen LogP contribution in [0, 0.1) is 0 Å². The second-order valence-corrected chi connectivity index (χ2v) is 2.30. The summed E-state index contributed by atoms with van der Waals surface area (Å²) in [5.41, 5.74) is 1.89. The van der Waals surface area contributed by atoms with Crippen molar-refractivity contribution in [3.05, 3.63) is 36.2 Å². The van der Waals surface area contributed by atoms with Gasteiger partial charge in [0, 0.05) is 5.56 Å². The monoisotopic (exact) mass is 161 g/mol. The molecule has 1 N–H and O–H groups in total. The number of hydrogen-bond acceptors (Lipinski definition) is 3. The lowest BCUT2D eigenvalue weighted by atomic mass is 10.3. The summed E-state index contributed by atoms with van der Waals surface area (Å²) in [6.45, 7) is 0. The third-order valence-electron chi connectivity index (χ3n) is 1.43. The molecule has 0 atom stereocenters. The van der Waals surface area contributed by atoms with Crippen LogP contribution in [0.3, 0.4) is 0 Å². The molecule has 0 radical (unpaired) electrons. The van der Waals surface area contributed by atoms with Gasteiger partial charge in [-0.3, -0.25) is 0 Å². The van der Waals surface area contributed by atoms with E-state index >= 15 is 0 Å². The minimum absolute atomic E-state index is 0.935. The van der Waals surface area contributed by atoms with Crippen molar-refractivity contribution >= 4 is 12.2 Å². The van der Waals surface area contributed by atoms with Crippen LogP contribution in [0.15, 0.2) is 29.5 Å². The van der Waals surface area contributed by atoms with Gasteiger partial charge in [-0.05, 0) is 12.2 Å². The summed E-state index contributed by atoms with van der Waals surface area (Å²) in [5.74, 6) is 0. The highest BCUT2D eigenvalue weighted by Crippen LogP contribution is 2.03. The molecule has 0 saturated carbocycles. The minimum atomic E-state index is 0.935. The van der Waals surface area contributed by atoms with Crippen molar-refractivity contribution < 1.29 is 4.52 Å². The first kappa shape index (κ1) is 6.84. The van der Waals surface area contributed by atoms with E-state index in [1.54, 1.807) is 25.0 Å². The SMILES string of the molecule is C(=C\c1cnc[nH]1)/c1cnoc1. The largest absolute Gasteiger partial charge is 0.364 e. The molecular formula is C8H7N3O. The summed E-state index contributed by atoms with van der Waals surface area (Å²) < 4.78 is 4.66. The zero-order chi connectivity index (χ0) is 8.23. The first-order valence-corrected chi connectivity index (χ1v) is 3.51. The Morgan fingerprint density at radius 2 is 2.33 bits per heavy atom. The Balaban J connectivity index is 2.14. The Kier molecular flexibility index (Phi) is 1.74. The van der Waals surface area contributed by atoms with E-state index in [-0.39, 0.29) is 0 Å². The van der Waals surface area contributed by atoms with Gasteiger partial charge in [-0.15, -0.1) is 0 Å². The van der Waals surface area contributed by atoms with Gasteiger partial charge in [0.1, 0.15) is 6.26 Å². The molecule has 0 bridgehead atoms. The molecule has 0 aliphatic rings. The van der Waals surface area contributed by atoms with Gasteiger partial charge >= 0.3 is 0 Å². The lowest BCUT2D eigenvalue weighted by Crippen LogP contribution is -1.66. The molecule has 60 valence electrons. The normalized spacial score (nSPS) is 11.0. The third-order valence-corrected chi connectivity index (χ3v) is 1.43. The zero-order valence-corrected chi connectivity index (χ0v) is 6.27. The summed E-state index contributed by atoms with van der Waals surface area (Å²) in [7, 11) is 0. The average Bonchev–Trinajstić information content (AvgIpc) is 2.74. The van der Waals surface area contributed by atoms with E-state index in [1.165, 1.54) is 0 Å². The van der Waals surface area contributed by atoms with Crippen LogP contribution in [-0.2, 0) is 0 Å². The van der Waals surface area contributed by atoms with Crippen LogP contribution in [0.2, 0.25) is 0 Å². The van der Waals surface area contributed by atoms with E-state index in [9.17, 15) is 0 Å². The fraction of sp³-hybridized carbons (Fsp3) is 0. The molecule has 2 aromatic rings. The van der Waals surface area contributed by atoms with Crippen molar-refractivity contribution in [2.24, 2.45) is 0 Å². The first-order chi connectivity index (χ1) is 5.95. The van der Waals surface area contributed by atoms with Crippen LogP contribution >= 0.6 is 0 Å². The highest BCUT2D eigenvalue weighted by atomic mass is 16.5. The van der Waals surface area contributed by atoms with E-state index in [0.717, 1.165) is 11.3 Å². The predicted molar refractivity (Wildman–Crippen MR) is 44.0 cm³/mol. The molecule has 0 spiro atoms. The number of aromatic amines is 1. The van der Waals surface area contributed by atoms with Crippen molar-refractivity contribution in [2.75, 3.05) is 0 Å². The van der Waals surface area contributed by atoms with Crippen molar-refractivity contribution in [3.63, 3.8) is 0 Å². The van der Waals surface area contributed by atoms with E-state index in [0.29, 0.717) is 0 Å². The number of rotatable bonds is 2. The van der Waals surface area contributed by atoms with Crippen LogP contribution in [0.1, 0.15) is 11.3 Å². The lowest BCUT2D eigenvalue weighted by Gasteiger charge is -1.80. The topological polar surface area (TPSA) is 54.7 Å². The van der Waals surface area contributed by atoms with E-state index < -0.39 is 0 Å². The lowest BCUT2D eigenvalue weighted by molar-refractivity contribution is 0.419. The molecule has 0 aliphatic carbocycles. The van der Waals surface area contributed by atoms with E-state index in [2.05, 4.69) is 19.6 Å². The van der Waals surface area contributed by atoms with Gasteiger partial charge in [-0.25, -0.2) is 4.98 Å². The summed E-state index contributed by atoms with van der Waals surface area (Å²) in [4.78, 5) is 6.83. The molecule has 2 heterocycles. The summed E-state index contributed by atoms with van der Waals surface area (Å²) in [6, 6.07) is 0. The van der Waals surface area contributed by atoms with Crippen molar-refractivity contribution in [1.82, 2.24) is 15.1 Å². The Labute approximate surface area is 68.9 Å². The second-order valence-electron chi connectivity index (χ2n) is 2.30. The van der Waals surface area contributed by atoms with Crippen LogP contribution in [-0.4, -0.2) is 15.1 Å². The average molecular weight is 161 g/mol. The highest BCUT2D eigenvalue weighted by Gasteiger charge is 1.89. The third kappa shape index (κ3) is 1.42. The van der Waals surface area contributed by atoms with E-state index in [4.69, 9.17) is 0 Å². The molecule has 2 rings (SSSR count). The van der Waals surface area contributed by atoms with Gasteiger partial charge in [0.05, 0.1) is 24.4 Å². The molecular weight excluding hydrogens is 154 g/mol. The minimum Gasteiger partial charge on any atom is -0.364 e. The molecule has 0 aliphatic heterocycles. The van der Waals surface area contributed by atoms with Gasteiger partial charge in [0.25, 0.3) is 0 Å². The molecule has 0 aromatic carbocycles. The van der Waals surface area contributed by atoms with Gasteiger partial charge in [-0.2, -0.15) is 0 Å². The second kappa shape index (κ2) is 3.04. The summed E-state index contributed by atoms with van der Waals surface area (Å²) >= 11 is 0.